The van der Waals surface area contributed by atoms with Gasteiger partial charge >= 0.3 is 5.97 Å². The number of anilines is 1. The Kier molecular flexibility index (Phi) is 5.40. The third-order valence-electron chi connectivity index (χ3n) is 3.34. The zero-order valence-corrected chi connectivity index (χ0v) is 12.2. The van der Waals surface area contributed by atoms with Crippen LogP contribution in [0, 0.1) is 21.8 Å². The second-order valence-electron chi connectivity index (χ2n) is 5.10. The summed E-state index contributed by atoms with van der Waals surface area (Å²) < 4.78 is 18.3. The normalized spacial score (nSPS) is 16.1. The number of rotatable bonds is 6. The van der Waals surface area contributed by atoms with Gasteiger partial charge < -0.3 is 10.1 Å². The summed E-state index contributed by atoms with van der Waals surface area (Å²) in [5.41, 5.74) is -0.689. The Labute approximate surface area is 131 Å². The predicted octanol–water partition coefficient (Wildman–Crippen LogP) is 2.57. The van der Waals surface area contributed by atoms with E-state index >= 15 is 0 Å². The zero-order chi connectivity index (χ0) is 16.8. The van der Waals surface area contributed by atoms with Crippen molar-refractivity contribution in [2.75, 3.05) is 11.9 Å². The van der Waals surface area contributed by atoms with Crippen molar-refractivity contribution >= 4 is 23.3 Å². The summed E-state index contributed by atoms with van der Waals surface area (Å²) in [5.74, 6) is -1.97. The maximum atomic E-state index is 13.5. The molecule has 0 aromatic heterocycles. The molecule has 1 aliphatic rings. The summed E-state index contributed by atoms with van der Waals surface area (Å²) in [6.45, 7) is -0.572. The Morgan fingerprint density at radius 1 is 1.43 bits per heavy atom. The van der Waals surface area contributed by atoms with Crippen LogP contribution in [0.2, 0.25) is 0 Å². The third-order valence-corrected chi connectivity index (χ3v) is 3.34. The number of non-ortho nitro benzene ring substituents is 1. The lowest BCUT2D eigenvalue weighted by Gasteiger charge is -2.09. The van der Waals surface area contributed by atoms with Crippen molar-refractivity contribution in [2.45, 2.75) is 19.3 Å². The molecule has 2 rings (SSSR count). The molecular formula is C15H15FN2O5. The molecule has 1 aromatic carbocycles. The van der Waals surface area contributed by atoms with Crippen LogP contribution in [0.3, 0.4) is 0 Å². The maximum Gasteiger partial charge on any atom is 0.306 e. The topological polar surface area (TPSA) is 98.5 Å². The largest absolute Gasteiger partial charge is 0.456 e. The molecule has 0 unspecified atom stereocenters. The summed E-state index contributed by atoms with van der Waals surface area (Å²) >= 11 is 0. The molecule has 122 valence electrons. The molecule has 1 atom stereocenters. The van der Waals surface area contributed by atoms with Crippen molar-refractivity contribution in [3.05, 3.63) is 46.3 Å². The summed E-state index contributed by atoms with van der Waals surface area (Å²) in [4.78, 5) is 33.1. The van der Waals surface area contributed by atoms with Crippen LogP contribution in [0.4, 0.5) is 15.8 Å². The summed E-state index contributed by atoms with van der Waals surface area (Å²) in [5, 5.41) is 12.8. The van der Waals surface area contributed by atoms with E-state index in [-0.39, 0.29) is 23.7 Å². The van der Waals surface area contributed by atoms with E-state index in [1.807, 2.05) is 12.2 Å². The lowest BCUT2D eigenvalue weighted by molar-refractivity contribution is -0.384. The van der Waals surface area contributed by atoms with Gasteiger partial charge in [0.1, 0.15) is 5.82 Å². The molecule has 0 radical (unpaired) electrons. The molecule has 23 heavy (non-hydrogen) atoms. The minimum Gasteiger partial charge on any atom is -0.456 e. The highest BCUT2D eigenvalue weighted by molar-refractivity contribution is 5.93. The van der Waals surface area contributed by atoms with E-state index in [1.165, 1.54) is 0 Å². The van der Waals surface area contributed by atoms with E-state index in [4.69, 9.17) is 4.74 Å². The lowest BCUT2D eigenvalue weighted by atomic mass is 10.1. The fourth-order valence-electron chi connectivity index (χ4n) is 2.19. The first-order valence-corrected chi connectivity index (χ1v) is 7.02. The van der Waals surface area contributed by atoms with Crippen LogP contribution in [0.15, 0.2) is 30.4 Å². The number of nitrogens with one attached hydrogen (secondary N) is 1. The van der Waals surface area contributed by atoms with Gasteiger partial charge in [-0.1, -0.05) is 12.2 Å². The number of hydrogen-bond donors (Lipinski definition) is 1. The number of halogens is 1. The van der Waals surface area contributed by atoms with Crippen LogP contribution < -0.4 is 5.32 Å². The van der Waals surface area contributed by atoms with Gasteiger partial charge in [-0.25, -0.2) is 4.39 Å². The van der Waals surface area contributed by atoms with Gasteiger partial charge in [0.2, 0.25) is 0 Å². The third kappa shape index (κ3) is 4.87. The molecule has 0 heterocycles. The van der Waals surface area contributed by atoms with Gasteiger partial charge in [0.25, 0.3) is 11.6 Å². The first kappa shape index (κ1) is 16.6. The first-order chi connectivity index (χ1) is 11.0. The number of carbonyl (C=O) groups is 2. The van der Waals surface area contributed by atoms with Gasteiger partial charge in [-0.3, -0.25) is 19.7 Å². The van der Waals surface area contributed by atoms with E-state index in [0.717, 1.165) is 31.0 Å². The lowest BCUT2D eigenvalue weighted by Crippen LogP contribution is -2.22. The Morgan fingerprint density at radius 3 is 2.87 bits per heavy atom. The Hall–Kier alpha value is -2.77. The standard InChI is InChI=1S/C15H15FN2O5/c16-12-6-5-11(18(21)22)8-13(12)17-14(19)9-23-15(20)7-10-3-1-2-4-10/h1,3,5-6,8,10H,2,4,7,9H2,(H,17,19)/t10-/m1/s1. The summed E-state index contributed by atoms with van der Waals surface area (Å²) in [6, 6.07) is 2.77. The number of nitro groups is 1. The fraction of sp³-hybridized carbons (Fsp3) is 0.333. The Morgan fingerprint density at radius 2 is 2.22 bits per heavy atom. The van der Waals surface area contributed by atoms with E-state index in [0.29, 0.717) is 0 Å². The van der Waals surface area contributed by atoms with Crippen molar-refractivity contribution in [3.8, 4) is 0 Å². The average Bonchev–Trinajstić information content (AvgIpc) is 3.00. The number of nitrogens with zero attached hydrogens (tertiary/aromatic N) is 1. The number of carbonyl (C=O) groups excluding carboxylic acids is 2. The zero-order valence-electron chi connectivity index (χ0n) is 12.2. The number of esters is 1. The molecule has 0 spiro atoms. The van der Waals surface area contributed by atoms with Crippen LogP contribution in [0.25, 0.3) is 0 Å². The highest BCUT2D eigenvalue weighted by Gasteiger charge is 2.17. The molecule has 0 saturated carbocycles. The molecule has 0 bridgehead atoms. The minimum absolute atomic E-state index is 0.125. The summed E-state index contributed by atoms with van der Waals surface area (Å²) in [6.07, 6.45) is 5.90. The van der Waals surface area contributed by atoms with Gasteiger partial charge in [0, 0.05) is 12.1 Å². The highest BCUT2D eigenvalue weighted by Crippen LogP contribution is 2.22. The van der Waals surface area contributed by atoms with Crippen LogP contribution in [0.1, 0.15) is 19.3 Å². The second kappa shape index (κ2) is 7.48. The molecule has 0 saturated heterocycles. The smallest absolute Gasteiger partial charge is 0.306 e. The Balaban J connectivity index is 1.84. The monoisotopic (exact) mass is 322 g/mol. The van der Waals surface area contributed by atoms with Crippen molar-refractivity contribution in [2.24, 2.45) is 5.92 Å². The molecule has 0 aliphatic heterocycles. The minimum atomic E-state index is -0.814. The Bertz CT molecular complexity index is 659. The van der Waals surface area contributed by atoms with Crippen molar-refractivity contribution in [3.63, 3.8) is 0 Å². The van der Waals surface area contributed by atoms with Crippen molar-refractivity contribution in [1.82, 2.24) is 0 Å². The molecule has 8 heteroatoms. The van der Waals surface area contributed by atoms with Gasteiger partial charge in [-0.2, -0.15) is 0 Å². The SMILES string of the molecule is O=C(COC(=O)C[C@@H]1C=CCC1)Nc1cc([N+](=O)[O-])ccc1F. The van der Waals surface area contributed by atoms with Gasteiger partial charge in [-0.05, 0) is 24.8 Å². The highest BCUT2D eigenvalue weighted by atomic mass is 19.1. The summed E-state index contributed by atoms with van der Waals surface area (Å²) in [7, 11) is 0. The molecule has 1 aliphatic carbocycles. The van der Waals surface area contributed by atoms with E-state index < -0.39 is 29.2 Å². The van der Waals surface area contributed by atoms with Crippen LogP contribution in [0.5, 0.6) is 0 Å². The average molecular weight is 322 g/mol. The van der Waals surface area contributed by atoms with Crippen LogP contribution >= 0.6 is 0 Å². The molecular weight excluding hydrogens is 307 g/mol. The molecule has 0 fully saturated rings. The molecule has 7 nitrogen and oxygen atoms in total. The second-order valence-corrected chi connectivity index (χ2v) is 5.10. The van der Waals surface area contributed by atoms with E-state index in [9.17, 15) is 24.1 Å². The maximum absolute atomic E-state index is 13.5. The number of benzene rings is 1. The predicted molar refractivity (Wildman–Crippen MR) is 79.1 cm³/mol. The number of ether oxygens (including phenoxy) is 1. The first-order valence-electron chi connectivity index (χ1n) is 7.02. The van der Waals surface area contributed by atoms with Gasteiger partial charge in [-0.15, -0.1) is 0 Å². The van der Waals surface area contributed by atoms with Crippen LogP contribution in [-0.4, -0.2) is 23.4 Å². The van der Waals surface area contributed by atoms with E-state index in [1.54, 1.807) is 0 Å². The molecule has 1 amide bonds. The van der Waals surface area contributed by atoms with Gasteiger partial charge in [0.05, 0.1) is 17.0 Å². The number of hydrogen-bond acceptors (Lipinski definition) is 5. The molecule has 1 aromatic rings. The molecule has 1 N–H and O–H groups in total. The number of amides is 1. The van der Waals surface area contributed by atoms with E-state index in [2.05, 4.69) is 5.32 Å². The van der Waals surface area contributed by atoms with Crippen molar-refractivity contribution in [1.29, 1.82) is 0 Å². The quantitative estimate of drug-likeness (QED) is 0.375. The fourth-order valence-corrected chi connectivity index (χ4v) is 2.19. The van der Waals surface area contributed by atoms with Gasteiger partial charge in [0.15, 0.2) is 6.61 Å². The number of nitro benzene ring substituents is 1. The van der Waals surface area contributed by atoms with Crippen LogP contribution in [-0.2, 0) is 14.3 Å². The van der Waals surface area contributed by atoms with Crippen molar-refractivity contribution < 1.29 is 23.6 Å². The number of allylic oxidation sites excluding steroid dienone is 2.